The smallest absolute Gasteiger partial charge is 0.244 e. The number of nitrogens with one attached hydrogen (secondary N) is 1. The second-order valence-corrected chi connectivity index (χ2v) is 10.4. The maximum absolute atomic E-state index is 12.9. The van der Waals surface area contributed by atoms with E-state index in [2.05, 4.69) is 5.32 Å². The Morgan fingerprint density at radius 3 is 2.31 bits per heavy atom. The van der Waals surface area contributed by atoms with E-state index in [-0.39, 0.29) is 44.4 Å². The monoisotopic (exact) mass is 491 g/mol. The molecule has 8 heteroatoms. The van der Waals surface area contributed by atoms with Gasteiger partial charge >= 0.3 is 0 Å². The van der Waals surface area contributed by atoms with Gasteiger partial charge < -0.3 is 10.2 Å². The summed E-state index contributed by atoms with van der Waals surface area (Å²) in [5.74, 6) is -0.442. The summed E-state index contributed by atoms with van der Waals surface area (Å²) < 4.78 is 26.7. The van der Waals surface area contributed by atoms with Crippen molar-refractivity contribution in [2.24, 2.45) is 0 Å². The predicted molar refractivity (Wildman–Crippen MR) is 138 cm³/mol. The minimum Gasteiger partial charge on any atom is -0.344 e. The highest BCUT2D eigenvalue weighted by molar-refractivity contribution is 7.92. The number of piperazine rings is 1. The number of sulfonamides is 1. The zero-order valence-corrected chi connectivity index (χ0v) is 20.4. The number of amides is 2. The van der Waals surface area contributed by atoms with Crippen LogP contribution < -0.4 is 5.32 Å². The number of nitrogens with zero attached hydrogens (tertiary/aromatic N) is 2. The van der Waals surface area contributed by atoms with Crippen molar-refractivity contribution in [1.82, 2.24) is 14.5 Å². The highest BCUT2D eigenvalue weighted by Crippen LogP contribution is 2.19. The molecule has 3 aromatic carbocycles. The maximum atomic E-state index is 12.9. The Hall–Kier alpha value is -3.49. The van der Waals surface area contributed by atoms with Crippen LogP contribution in [0.2, 0.25) is 0 Å². The zero-order chi connectivity index (χ0) is 24.8. The van der Waals surface area contributed by atoms with E-state index in [1.807, 2.05) is 72.8 Å². The van der Waals surface area contributed by atoms with Gasteiger partial charge in [0.25, 0.3) is 0 Å². The SMILES string of the molecule is CC(NC(=O)Cc1cccc2ccccc12)C(=O)N1CCN(S(=O)(=O)/C=C/c2ccccc2)CC1. The minimum absolute atomic E-state index is 0.179. The van der Waals surface area contributed by atoms with E-state index in [0.717, 1.165) is 21.9 Å². The lowest BCUT2D eigenvalue weighted by Crippen LogP contribution is -2.55. The molecule has 1 unspecified atom stereocenters. The van der Waals surface area contributed by atoms with Gasteiger partial charge in [-0.2, -0.15) is 4.31 Å². The number of rotatable bonds is 7. The molecule has 0 bridgehead atoms. The molecular formula is C27H29N3O4S. The third-order valence-electron chi connectivity index (χ3n) is 6.12. The second-order valence-electron chi connectivity index (χ2n) is 8.59. The third kappa shape index (κ3) is 6.15. The highest BCUT2D eigenvalue weighted by atomic mass is 32.2. The van der Waals surface area contributed by atoms with Gasteiger partial charge in [-0.1, -0.05) is 72.8 Å². The lowest BCUT2D eigenvalue weighted by molar-refractivity contribution is -0.136. The summed E-state index contributed by atoms with van der Waals surface area (Å²) in [6.45, 7) is 2.64. The predicted octanol–water partition coefficient (Wildman–Crippen LogP) is 3.03. The van der Waals surface area contributed by atoms with Crippen LogP contribution in [0, 0.1) is 0 Å². The van der Waals surface area contributed by atoms with Crippen molar-refractivity contribution in [2.45, 2.75) is 19.4 Å². The fourth-order valence-corrected chi connectivity index (χ4v) is 5.40. The zero-order valence-electron chi connectivity index (χ0n) is 19.6. The second kappa shape index (κ2) is 10.8. The van der Waals surface area contributed by atoms with Gasteiger partial charge in [-0.3, -0.25) is 9.59 Å². The van der Waals surface area contributed by atoms with Gasteiger partial charge in [0.2, 0.25) is 21.8 Å². The van der Waals surface area contributed by atoms with Crippen LogP contribution in [0.3, 0.4) is 0 Å². The molecule has 0 spiro atoms. The third-order valence-corrected chi connectivity index (χ3v) is 7.69. The molecule has 1 aliphatic heterocycles. The van der Waals surface area contributed by atoms with E-state index in [0.29, 0.717) is 0 Å². The molecule has 1 N–H and O–H groups in total. The first-order valence-corrected chi connectivity index (χ1v) is 13.1. The van der Waals surface area contributed by atoms with Gasteiger partial charge in [0.1, 0.15) is 6.04 Å². The summed E-state index contributed by atoms with van der Waals surface area (Å²) in [7, 11) is -3.58. The molecule has 2 amide bonds. The standard InChI is InChI=1S/C27H29N3O4S/c1-21(28-26(31)20-24-12-7-11-23-10-5-6-13-25(23)24)27(32)29-15-17-30(18-16-29)35(33,34)19-14-22-8-3-2-4-9-22/h2-14,19,21H,15-18,20H2,1H3,(H,28,31)/b19-14+. The van der Waals surface area contributed by atoms with Crippen molar-refractivity contribution in [3.05, 3.63) is 89.3 Å². The van der Waals surface area contributed by atoms with Crippen LogP contribution in [0.5, 0.6) is 0 Å². The van der Waals surface area contributed by atoms with Crippen molar-refractivity contribution < 1.29 is 18.0 Å². The Morgan fingerprint density at radius 2 is 1.57 bits per heavy atom. The number of carbonyl (C=O) groups is 2. The van der Waals surface area contributed by atoms with Gasteiger partial charge in [-0.15, -0.1) is 0 Å². The van der Waals surface area contributed by atoms with Crippen molar-refractivity contribution in [1.29, 1.82) is 0 Å². The largest absolute Gasteiger partial charge is 0.344 e. The van der Waals surface area contributed by atoms with Crippen LogP contribution >= 0.6 is 0 Å². The van der Waals surface area contributed by atoms with Gasteiger partial charge in [0.15, 0.2) is 0 Å². The lowest BCUT2D eigenvalue weighted by Gasteiger charge is -2.34. The summed E-state index contributed by atoms with van der Waals surface area (Å²) in [6.07, 6.45) is 1.75. The Bertz CT molecular complexity index is 1330. The van der Waals surface area contributed by atoms with Crippen molar-refractivity contribution in [3.63, 3.8) is 0 Å². The van der Waals surface area contributed by atoms with E-state index >= 15 is 0 Å². The van der Waals surface area contributed by atoms with Gasteiger partial charge in [0.05, 0.1) is 6.42 Å². The average molecular weight is 492 g/mol. The molecule has 1 atom stereocenters. The van der Waals surface area contributed by atoms with Crippen LogP contribution in [0.15, 0.2) is 78.2 Å². The Balaban J connectivity index is 1.30. The van der Waals surface area contributed by atoms with Crippen molar-refractivity contribution in [3.8, 4) is 0 Å². The average Bonchev–Trinajstić information content (AvgIpc) is 2.88. The number of carbonyl (C=O) groups excluding carboxylic acids is 2. The van der Waals surface area contributed by atoms with Crippen LogP contribution in [-0.4, -0.2) is 61.7 Å². The molecule has 0 radical (unpaired) electrons. The van der Waals surface area contributed by atoms with Gasteiger partial charge in [-0.05, 0) is 34.9 Å². The number of fused-ring (bicyclic) bond motifs is 1. The summed E-state index contributed by atoms with van der Waals surface area (Å²) in [5, 5.41) is 6.08. The summed E-state index contributed by atoms with van der Waals surface area (Å²) in [6, 6.07) is 22.2. The molecule has 1 fully saturated rings. The Kier molecular flexibility index (Phi) is 7.63. The van der Waals surface area contributed by atoms with Crippen LogP contribution in [-0.2, 0) is 26.0 Å². The van der Waals surface area contributed by atoms with E-state index in [4.69, 9.17) is 0 Å². The Morgan fingerprint density at radius 1 is 0.914 bits per heavy atom. The van der Waals surface area contributed by atoms with E-state index in [9.17, 15) is 18.0 Å². The molecule has 7 nitrogen and oxygen atoms in total. The molecule has 3 aromatic rings. The quantitative estimate of drug-likeness (QED) is 0.551. The summed E-state index contributed by atoms with van der Waals surface area (Å²) in [4.78, 5) is 27.2. The lowest BCUT2D eigenvalue weighted by atomic mass is 10.0. The minimum atomic E-state index is -3.58. The molecule has 182 valence electrons. The molecule has 1 heterocycles. The summed E-state index contributed by atoms with van der Waals surface area (Å²) >= 11 is 0. The van der Waals surface area contributed by atoms with Gasteiger partial charge in [0, 0.05) is 31.6 Å². The number of hydrogen-bond acceptors (Lipinski definition) is 4. The number of hydrogen-bond donors (Lipinski definition) is 1. The molecule has 1 aliphatic rings. The van der Waals surface area contributed by atoms with E-state index < -0.39 is 16.1 Å². The number of benzene rings is 3. The van der Waals surface area contributed by atoms with Gasteiger partial charge in [-0.25, -0.2) is 8.42 Å². The first kappa shape index (κ1) is 24.6. The molecule has 4 rings (SSSR count). The van der Waals surface area contributed by atoms with Crippen molar-refractivity contribution >= 4 is 38.7 Å². The van der Waals surface area contributed by atoms with Crippen LogP contribution in [0.4, 0.5) is 0 Å². The fourth-order valence-electron chi connectivity index (χ4n) is 4.23. The van der Waals surface area contributed by atoms with E-state index in [1.165, 1.54) is 9.71 Å². The van der Waals surface area contributed by atoms with Crippen LogP contribution in [0.25, 0.3) is 16.8 Å². The Labute approximate surface area is 206 Å². The van der Waals surface area contributed by atoms with Crippen molar-refractivity contribution in [2.75, 3.05) is 26.2 Å². The fraction of sp³-hybridized carbons (Fsp3) is 0.259. The highest BCUT2D eigenvalue weighted by Gasteiger charge is 2.29. The van der Waals surface area contributed by atoms with Crippen LogP contribution in [0.1, 0.15) is 18.1 Å². The summed E-state index contributed by atoms with van der Waals surface area (Å²) in [5.41, 5.74) is 1.71. The molecule has 0 aromatic heterocycles. The first-order chi connectivity index (χ1) is 16.8. The maximum Gasteiger partial charge on any atom is 0.244 e. The molecule has 1 saturated heterocycles. The molecular weight excluding hydrogens is 462 g/mol. The first-order valence-electron chi connectivity index (χ1n) is 11.6. The normalized spacial score (nSPS) is 15.9. The topological polar surface area (TPSA) is 86.8 Å². The molecule has 35 heavy (non-hydrogen) atoms. The molecule has 0 aliphatic carbocycles. The van der Waals surface area contributed by atoms with E-state index in [1.54, 1.807) is 17.9 Å². The molecule has 0 saturated carbocycles.